The van der Waals surface area contributed by atoms with Crippen LogP contribution in [0.4, 0.5) is 0 Å². The summed E-state index contributed by atoms with van der Waals surface area (Å²) in [4.78, 5) is 33.0. The van der Waals surface area contributed by atoms with E-state index < -0.39 is 0 Å². The Hall–Kier alpha value is -2.89. The third kappa shape index (κ3) is 3.47. The van der Waals surface area contributed by atoms with E-state index in [2.05, 4.69) is 15.3 Å². The van der Waals surface area contributed by atoms with Crippen LogP contribution in [-0.4, -0.2) is 26.5 Å². The lowest BCUT2D eigenvalue weighted by molar-refractivity contribution is -0.122. The van der Waals surface area contributed by atoms with Crippen LogP contribution >= 0.6 is 0 Å². The SMILES string of the molecule is CCC(C)NC(=O)Cn1c(-c2ccccc2)nc2[nH]c(C)cc2c1=O. The van der Waals surface area contributed by atoms with Gasteiger partial charge in [-0.1, -0.05) is 37.3 Å². The van der Waals surface area contributed by atoms with Gasteiger partial charge in [0.15, 0.2) is 0 Å². The first kappa shape index (κ1) is 17.0. The molecule has 0 fully saturated rings. The number of hydrogen-bond donors (Lipinski definition) is 2. The van der Waals surface area contributed by atoms with Crippen LogP contribution in [0, 0.1) is 6.92 Å². The highest BCUT2D eigenvalue weighted by Crippen LogP contribution is 2.18. The number of nitrogens with zero attached hydrogens (tertiary/aromatic N) is 2. The maximum absolute atomic E-state index is 12.9. The molecule has 0 bridgehead atoms. The minimum atomic E-state index is -0.215. The average Bonchev–Trinajstić information content (AvgIpc) is 2.98. The number of carbonyl (C=O) groups excluding carboxylic acids is 1. The van der Waals surface area contributed by atoms with Crippen LogP contribution in [0.25, 0.3) is 22.4 Å². The molecule has 0 saturated heterocycles. The Morgan fingerprint density at radius 1 is 1.32 bits per heavy atom. The van der Waals surface area contributed by atoms with Gasteiger partial charge in [-0.05, 0) is 26.3 Å². The van der Waals surface area contributed by atoms with Crippen LogP contribution in [-0.2, 0) is 11.3 Å². The Bertz CT molecular complexity index is 957. The summed E-state index contributed by atoms with van der Waals surface area (Å²) in [6, 6.07) is 11.3. The monoisotopic (exact) mass is 338 g/mol. The summed E-state index contributed by atoms with van der Waals surface area (Å²) in [5, 5.41) is 3.40. The van der Waals surface area contributed by atoms with E-state index in [0.29, 0.717) is 16.9 Å². The lowest BCUT2D eigenvalue weighted by atomic mass is 10.2. The third-order valence-corrected chi connectivity index (χ3v) is 4.23. The van der Waals surface area contributed by atoms with Crippen molar-refractivity contribution in [2.24, 2.45) is 0 Å². The van der Waals surface area contributed by atoms with Gasteiger partial charge in [0.05, 0.1) is 5.39 Å². The molecular formula is C19H22N4O2. The zero-order chi connectivity index (χ0) is 18.0. The Morgan fingerprint density at radius 2 is 2.04 bits per heavy atom. The number of hydrogen-bond acceptors (Lipinski definition) is 3. The number of nitrogens with one attached hydrogen (secondary N) is 2. The molecule has 1 unspecified atom stereocenters. The highest BCUT2D eigenvalue weighted by Gasteiger charge is 2.17. The number of amides is 1. The molecule has 2 aromatic heterocycles. The molecule has 25 heavy (non-hydrogen) atoms. The van der Waals surface area contributed by atoms with E-state index in [4.69, 9.17) is 0 Å². The van der Waals surface area contributed by atoms with Crippen LogP contribution in [0.3, 0.4) is 0 Å². The van der Waals surface area contributed by atoms with Crippen molar-refractivity contribution in [1.82, 2.24) is 19.9 Å². The fourth-order valence-corrected chi connectivity index (χ4v) is 2.75. The third-order valence-electron chi connectivity index (χ3n) is 4.23. The summed E-state index contributed by atoms with van der Waals surface area (Å²) in [5.41, 5.74) is 1.98. The Morgan fingerprint density at radius 3 is 2.72 bits per heavy atom. The minimum absolute atomic E-state index is 0.0550. The summed E-state index contributed by atoms with van der Waals surface area (Å²) < 4.78 is 1.45. The molecule has 1 amide bonds. The van der Waals surface area contributed by atoms with E-state index in [-0.39, 0.29) is 24.1 Å². The first-order valence-electron chi connectivity index (χ1n) is 8.44. The smallest absolute Gasteiger partial charge is 0.263 e. The quantitative estimate of drug-likeness (QED) is 0.750. The van der Waals surface area contributed by atoms with Gasteiger partial charge >= 0.3 is 0 Å². The average molecular weight is 338 g/mol. The Kier molecular flexibility index (Phi) is 4.70. The summed E-state index contributed by atoms with van der Waals surface area (Å²) in [6.07, 6.45) is 0.834. The molecule has 2 N–H and O–H groups in total. The number of aromatic nitrogens is 3. The highest BCUT2D eigenvalue weighted by molar-refractivity contribution is 5.80. The standard InChI is InChI=1S/C19H22N4O2/c1-4-12(2)20-16(24)11-23-18(14-8-6-5-7-9-14)22-17-15(19(23)25)10-13(3)21-17/h5-10,12,21H,4,11H2,1-3H3,(H,20,24). The fourth-order valence-electron chi connectivity index (χ4n) is 2.75. The number of H-pyrrole nitrogens is 1. The lowest BCUT2D eigenvalue weighted by Crippen LogP contribution is -2.37. The Balaban J connectivity index is 2.12. The lowest BCUT2D eigenvalue weighted by Gasteiger charge is -2.15. The normalized spacial score (nSPS) is 12.3. The molecule has 0 aliphatic carbocycles. The predicted octanol–water partition coefficient (Wildman–Crippen LogP) is 2.61. The molecule has 2 heterocycles. The second kappa shape index (κ2) is 6.93. The molecule has 0 aliphatic rings. The van der Waals surface area contributed by atoms with Gasteiger partial charge in [0.25, 0.3) is 5.56 Å². The van der Waals surface area contributed by atoms with Crippen LogP contribution in [0.2, 0.25) is 0 Å². The van der Waals surface area contributed by atoms with Gasteiger partial charge in [-0.15, -0.1) is 0 Å². The number of fused-ring (bicyclic) bond motifs is 1. The topological polar surface area (TPSA) is 79.8 Å². The number of aryl methyl sites for hydroxylation is 1. The van der Waals surface area contributed by atoms with E-state index in [1.807, 2.05) is 51.1 Å². The van der Waals surface area contributed by atoms with Gasteiger partial charge in [-0.25, -0.2) is 4.98 Å². The van der Waals surface area contributed by atoms with Crippen molar-refractivity contribution >= 4 is 16.9 Å². The zero-order valence-electron chi connectivity index (χ0n) is 14.7. The maximum atomic E-state index is 12.9. The molecule has 1 atom stereocenters. The van der Waals surface area contributed by atoms with E-state index >= 15 is 0 Å². The van der Waals surface area contributed by atoms with E-state index in [0.717, 1.165) is 17.7 Å². The van der Waals surface area contributed by atoms with E-state index in [1.54, 1.807) is 6.07 Å². The molecule has 6 nitrogen and oxygen atoms in total. The summed E-state index contributed by atoms with van der Waals surface area (Å²) in [7, 11) is 0. The van der Waals surface area contributed by atoms with Gasteiger partial charge in [0, 0.05) is 17.3 Å². The van der Waals surface area contributed by atoms with Crippen molar-refractivity contribution in [2.45, 2.75) is 39.8 Å². The molecule has 0 spiro atoms. The maximum Gasteiger partial charge on any atom is 0.263 e. The first-order chi connectivity index (χ1) is 12.0. The summed E-state index contributed by atoms with van der Waals surface area (Å²) >= 11 is 0. The predicted molar refractivity (Wildman–Crippen MR) is 98.4 cm³/mol. The fraction of sp³-hybridized carbons (Fsp3) is 0.316. The molecule has 0 saturated carbocycles. The van der Waals surface area contributed by atoms with Crippen molar-refractivity contribution < 1.29 is 4.79 Å². The number of benzene rings is 1. The molecular weight excluding hydrogens is 316 g/mol. The van der Waals surface area contributed by atoms with Gasteiger partial charge < -0.3 is 10.3 Å². The molecule has 1 aromatic carbocycles. The minimum Gasteiger partial charge on any atom is -0.352 e. The molecule has 0 aliphatic heterocycles. The molecule has 0 radical (unpaired) electrons. The molecule has 3 rings (SSSR count). The van der Waals surface area contributed by atoms with Crippen molar-refractivity contribution in [2.75, 3.05) is 0 Å². The number of carbonyl (C=O) groups is 1. The molecule has 6 heteroatoms. The van der Waals surface area contributed by atoms with Crippen LogP contribution in [0.5, 0.6) is 0 Å². The summed E-state index contributed by atoms with van der Waals surface area (Å²) in [5.74, 6) is 0.293. The van der Waals surface area contributed by atoms with Gasteiger partial charge in [-0.3, -0.25) is 14.2 Å². The number of aromatic amines is 1. The Labute approximate surface area is 145 Å². The largest absolute Gasteiger partial charge is 0.352 e. The van der Waals surface area contributed by atoms with E-state index in [1.165, 1.54) is 4.57 Å². The van der Waals surface area contributed by atoms with Crippen LogP contribution in [0.1, 0.15) is 26.0 Å². The molecule has 3 aromatic rings. The highest BCUT2D eigenvalue weighted by atomic mass is 16.2. The first-order valence-corrected chi connectivity index (χ1v) is 8.44. The van der Waals surface area contributed by atoms with Crippen LogP contribution in [0.15, 0.2) is 41.2 Å². The van der Waals surface area contributed by atoms with Crippen molar-refractivity contribution in [3.8, 4) is 11.4 Å². The van der Waals surface area contributed by atoms with Crippen molar-refractivity contribution in [3.63, 3.8) is 0 Å². The van der Waals surface area contributed by atoms with Gasteiger partial charge in [0.2, 0.25) is 5.91 Å². The van der Waals surface area contributed by atoms with Crippen LogP contribution < -0.4 is 10.9 Å². The summed E-state index contributed by atoms with van der Waals surface area (Å²) in [6.45, 7) is 5.77. The zero-order valence-corrected chi connectivity index (χ0v) is 14.7. The second-order valence-electron chi connectivity index (χ2n) is 6.28. The van der Waals surface area contributed by atoms with Crippen molar-refractivity contribution in [1.29, 1.82) is 0 Å². The number of rotatable bonds is 5. The van der Waals surface area contributed by atoms with E-state index in [9.17, 15) is 9.59 Å². The molecule has 130 valence electrons. The van der Waals surface area contributed by atoms with Gasteiger partial charge in [0.1, 0.15) is 18.0 Å². The van der Waals surface area contributed by atoms with Gasteiger partial charge in [-0.2, -0.15) is 0 Å². The van der Waals surface area contributed by atoms with Crippen molar-refractivity contribution in [3.05, 3.63) is 52.4 Å². The second-order valence-corrected chi connectivity index (χ2v) is 6.28.